The molecule has 1 aromatic carbocycles. The van der Waals surface area contributed by atoms with Crippen LogP contribution in [0.2, 0.25) is 5.02 Å². The average Bonchev–Trinajstić information content (AvgIpc) is 2.42. The first-order valence-electron chi connectivity index (χ1n) is 6.88. The highest BCUT2D eigenvalue weighted by Crippen LogP contribution is 2.25. The number of halogens is 1. The van der Waals surface area contributed by atoms with Crippen LogP contribution in [-0.2, 0) is 11.3 Å². The molecule has 112 valence electrons. The van der Waals surface area contributed by atoms with Gasteiger partial charge in [0.05, 0.1) is 11.6 Å². The van der Waals surface area contributed by atoms with Gasteiger partial charge in [0.1, 0.15) is 5.75 Å². The van der Waals surface area contributed by atoms with Crippen LogP contribution < -0.4 is 15.4 Å². The third kappa shape index (κ3) is 6.26. The Morgan fingerprint density at radius 2 is 2.15 bits per heavy atom. The van der Waals surface area contributed by atoms with Crippen LogP contribution in [0.4, 0.5) is 0 Å². The van der Waals surface area contributed by atoms with Gasteiger partial charge in [-0.05, 0) is 24.1 Å². The van der Waals surface area contributed by atoms with Crippen LogP contribution in [0.15, 0.2) is 18.2 Å². The summed E-state index contributed by atoms with van der Waals surface area (Å²) in [6.07, 6.45) is 1.14. The van der Waals surface area contributed by atoms with Gasteiger partial charge in [-0.15, -0.1) is 0 Å². The zero-order chi connectivity index (χ0) is 15.0. The van der Waals surface area contributed by atoms with Crippen molar-refractivity contribution in [2.24, 2.45) is 0 Å². The number of benzene rings is 1. The molecule has 20 heavy (non-hydrogen) atoms. The smallest absolute Gasteiger partial charge is 0.219 e. The lowest BCUT2D eigenvalue weighted by Crippen LogP contribution is -2.21. The van der Waals surface area contributed by atoms with Crippen LogP contribution in [0.1, 0.15) is 32.3 Å². The molecule has 0 aliphatic heterocycles. The average molecular weight is 299 g/mol. The molecule has 0 aliphatic rings. The summed E-state index contributed by atoms with van der Waals surface area (Å²) in [7, 11) is 1.63. The van der Waals surface area contributed by atoms with E-state index in [4.69, 9.17) is 16.3 Å². The molecule has 0 heterocycles. The fourth-order valence-electron chi connectivity index (χ4n) is 1.63. The lowest BCUT2D eigenvalue weighted by molar-refractivity contribution is -0.120. The quantitative estimate of drug-likeness (QED) is 0.726. The van der Waals surface area contributed by atoms with Crippen molar-refractivity contribution in [2.45, 2.75) is 39.3 Å². The number of amides is 1. The predicted molar refractivity (Wildman–Crippen MR) is 82.2 cm³/mol. The lowest BCUT2D eigenvalue weighted by atomic mass is 10.2. The van der Waals surface area contributed by atoms with E-state index >= 15 is 0 Å². The fraction of sp³-hybridized carbons (Fsp3) is 0.533. The Balaban J connectivity index is 2.41. The Morgan fingerprint density at radius 1 is 1.40 bits per heavy atom. The Bertz CT molecular complexity index is 436. The van der Waals surface area contributed by atoms with Crippen molar-refractivity contribution in [2.75, 3.05) is 13.7 Å². The summed E-state index contributed by atoms with van der Waals surface area (Å²) >= 11 is 6.18. The maximum Gasteiger partial charge on any atom is 0.219 e. The summed E-state index contributed by atoms with van der Waals surface area (Å²) in [6.45, 7) is 5.47. The van der Waals surface area contributed by atoms with Crippen molar-refractivity contribution in [3.8, 4) is 5.75 Å². The maximum atomic E-state index is 11.1. The summed E-state index contributed by atoms with van der Waals surface area (Å²) in [4.78, 5) is 11.1. The van der Waals surface area contributed by atoms with Crippen LogP contribution in [0, 0.1) is 0 Å². The maximum absolute atomic E-state index is 11.1. The van der Waals surface area contributed by atoms with Crippen molar-refractivity contribution in [3.05, 3.63) is 28.8 Å². The molecule has 1 amide bonds. The van der Waals surface area contributed by atoms with E-state index in [2.05, 4.69) is 24.5 Å². The van der Waals surface area contributed by atoms with E-state index in [-0.39, 0.29) is 5.91 Å². The highest BCUT2D eigenvalue weighted by molar-refractivity contribution is 6.32. The molecule has 0 aliphatic carbocycles. The van der Waals surface area contributed by atoms with Gasteiger partial charge in [-0.25, -0.2) is 0 Å². The van der Waals surface area contributed by atoms with Gasteiger partial charge in [0.2, 0.25) is 5.91 Å². The first-order chi connectivity index (χ1) is 9.52. The van der Waals surface area contributed by atoms with E-state index in [0.717, 1.165) is 12.1 Å². The highest BCUT2D eigenvalue weighted by Gasteiger charge is 2.04. The molecule has 0 spiro atoms. The summed E-state index contributed by atoms with van der Waals surface area (Å²) in [5.74, 6) is 0.687. The Hall–Kier alpha value is -1.26. The largest absolute Gasteiger partial charge is 0.492 e. The van der Waals surface area contributed by atoms with Crippen molar-refractivity contribution in [1.82, 2.24) is 10.6 Å². The number of hydrogen-bond donors (Lipinski definition) is 2. The first kappa shape index (κ1) is 16.8. The van der Waals surface area contributed by atoms with Crippen molar-refractivity contribution in [1.29, 1.82) is 0 Å². The molecule has 0 fully saturated rings. The molecule has 0 saturated carbocycles. The zero-order valence-electron chi connectivity index (χ0n) is 12.3. The fourth-order valence-corrected chi connectivity index (χ4v) is 1.89. The third-order valence-electron chi connectivity index (χ3n) is 2.80. The molecule has 1 rings (SSSR count). The summed E-state index contributed by atoms with van der Waals surface area (Å²) in [6, 6.07) is 6.22. The van der Waals surface area contributed by atoms with Crippen molar-refractivity contribution in [3.63, 3.8) is 0 Å². The number of carbonyl (C=O) groups excluding carboxylic acids is 1. The second kappa shape index (κ2) is 8.82. The molecule has 2 N–H and O–H groups in total. The monoisotopic (exact) mass is 298 g/mol. The minimum absolute atomic E-state index is 0.0230. The van der Waals surface area contributed by atoms with Gasteiger partial charge in [0.15, 0.2) is 0 Å². The molecule has 5 heteroatoms. The topological polar surface area (TPSA) is 50.4 Å². The Morgan fingerprint density at radius 3 is 2.75 bits per heavy atom. The molecular formula is C15H23ClN2O2. The standard InChI is InChI=1S/C15H23ClN2O2/c1-11(2)18-10-12-6-7-14(13(16)9-12)20-8-4-5-15(19)17-3/h6-7,9,11,18H,4-5,8,10H2,1-3H3,(H,17,19). The Labute approximate surface area is 125 Å². The molecule has 0 saturated heterocycles. The molecule has 0 atom stereocenters. The number of hydrogen-bond acceptors (Lipinski definition) is 3. The third-order valence-corrected chi connectivity index (χ3v) is 3.09. The van der Waals surface area contributed by atoms with E-state index in [9.17, 15) is 4.79 Å². The van der Waals surface area contributed by atoms with Crippen LogP contribution in [-0.4, -0.2) is 25.6 Å². The summed E-state index contributed by atoms with van der Waals surface area (Å²) in [5, 5.41) is 6.52. The number of nitrogens with one attached hydrogen (secondary N) is 2. The Kier molecular flexibility index (Phi) is 7.41. The predicted octanol–water partition coefficient (Wildman–Crippen LogP) is 2.74. The zero-order valence-corrected chi connectivity index (χ0v) is 13.1. The van der Waals surface area contributed by atoms with Crippen molar-refractivity contribution < 1.29 is 9.53 Å². The first-order valence-corrected chi connectivity index (χ1v) is 7.26. The van der Waals surface area contributed by atoms with Gasteiger partial charge in [-0.3, -0.25) is 4.79 Å². The molecule has 1 aromatic rings. The van der Waals surface area contributed by atoms with E-state index < -0.39 is 0 Å². The van der Waals surface area contributed by atoms with Gasteiger partial charge < -0.3 is 15.4 Å². The van der Waals surface area contributed by atoms with Crippen LogP contribution in [0.5, 0.6) is 5.75 Å². The second-order valence-electron chi connectivity index (χ2n) is 4.93. The number of ether oxygens (including phenoxy) is 1. The van der Waals surface area contributed by atoms with Crippen LogP contribution in [0.3, 0.4) is 0 Å². The molecular weight excluding hydrogens is 276 g/mol. The van der Waals surface area contributed by atoms with Gasteiger partial charge in [-0.1, -0.05) is 31.5 Å². The number of rotatable bonds is 8. The second-order valence-corrected chi connectivity index (χ2v) is 5.33. The lowest BCUT2D eigenvalue weighted by Gasteiger charge is -2.11. The summed E-state index contributed by atoms with van der Waals surface area (Å²) in [5.41, 5.74) is 1.13. The SMILES string of the molecule is CNC(=O)CCCOc1ccc(CNC(C)C)cc1Cl. The normalized spacial score (nSPS) is 10.7. The van der Waals surface area contributed by atoms with Crippen molar-refractivity contribution >= 4 is 17.5 Å². The van der Waals surface area contributed by atoms with E-state index in [1.54, 1.807) is 7.05 Å². The van der Waals surface area contributed by atoms with Gasteiger partial charge in [-0.2, -0.15) is 0 Å². The van der Waals surface area contributed by atoms with Crippen LogP contribution >= 0.6 is 11.6 Å². The molecule has 0 radical (unpaired) electrons. The minimum Gasteiger partial charge on any atom is -0.492 e. The van der Waals surface area contributed by atoms with Gasteiger partial charge >= 0.3 is 0 Å². The molecule has 0 aromatic heterocycles. The molecule has 0 unspecified atom stereocenters. The molecule has 4 nitrogen and oxygen atoms in total. The van der Waals surface area contributed by atoms with Gasteiger partial charge in [0.25, 0.3) is 0 Å². The van der Waals surface area contributed by atoms with E-state index in [0.29, 0.717) is 36.3 Å². The number of carbonyl (C=O) groups is 1. The summed E-state index contributed by atoms with van der Waals surface area (Å²) < 4.78 is 5.58. The van der Waals surface area contributed by atoms with Crippen LogP contribution in [0.25, 0.3) is 0 Å². The van der Waals surface area contributed by atoms with E-state index in [1.807, 2.05) is 18.2 Å². The minimum atomic E-state index is 0.0230. The highest BCUT2D eigenvalue weighted by atomic mass is 35.5. The van der Waals surface area contributed by atoms with E-state index in [1.165, 1.54) is 0 Å². The van der Waals surface area contributed by atoms with Gasteiger partial charge in [0, 0.05) is 26.1 Å². The molecule has 0 bridgehead atoms.